The Hall–Kier alpha value is -0.470. The second kappa shape index (κ2) is 6.57. The highest BCUT2D eigenvalue weighted by atomic mass is 19.4. The van der Waals surface area contributed by atoms with E-state index in [1.807, 2.05) is 11.8 Å². The number of halogens is 5. The molecule has 0 aromatic heterocycles. The molecule has 1 saturated carbocycles. The van der Waals surface area contributed by atoms with Gasteiger partial charge in [0, 0.05) is 44.5 Å². The average Bonchev–Trinajstić information content (AvgIpc) is 2.35. The monoisotopic (exact) mass is 331 g/mol. The van der Waals surface area contributed by atoms with Crippen LogP contribution in [0, 0.1) is 5.41 Å². The summed E-state index contributed by atoms with van der Waals surface area (Å²) in [4.78, 5) is 1.95. The van der Waals surface area contributed by atoms with Gasteiger partial charge >= 0.3 is 6.36 Å². The van der Waals surface area contributed by atoms with Gasteiger partial charge in [0.05, 0.1) is 12.7 Å². The van der Waals surface area contributed by atoms with Crippen molar-refractivity contribution in [1.29, 1.82) is 0 Å². The highest BCUT2D eigenvalue weighted by molar-refractivity contribution is 5.01. The molecule has 2 fully saturated rings. The molecule has 0 N–H and O–H groups in total. The molecule has 2 rings (SSSR count). The van der Waals surface area contributed by atoms with E-state index < -0.39 is 23.8 Å². The second-order valence-corrected chi connectivity index (χ2v) is 6.39. The van der Waals surface area contributed by atoms with Gasteiger partial charge in [0.25, 0.3) is 0 Å². The van der Waals surface area contributed by atoms with Crippen LogP contribution in [0.4, 0.5) is 22.0 Å². The molecule has 130 valence electrons. The zero-order valence-electron chi connectivity index (χ0n) is 12.6. The third-order valence-corrected chi connectivity index (χ3v) is 4.27. The van der Waals surface area contributed by atoms with Crippen molar-refractivity contribution in [1.82, 2.24) is 4.90 Å². The van der Waals surface area contributed by atoms with E-state index >= 15 is 0 Å². The first-order valence-electron chi connectivity index (χ1n) is 7.56. The van der Waals surface area contributed by atoms with Crippen molar-refractivity contribution in [3.05, 3.63) is 0 Å². The Morgan fingerprint density at radius 2 is 1.73 bits per heavy atom. The van der Waals surface area contributed by atoms with Crippen molar-refractivity contribution in [2.75, 3.05) is 32.8 Å². The van der Waals surface area contributed by atoms with Gasteiger partial charge in [-0.15, -0.1) is 13.2 Å². The molecule has 8 heteroatoms. The van der Waals surface area contributed by atoms with Crippen LogP contribution in [0.3, 0.4) is 0 Å². The molecule has 0 bridgehead atoms. The van der Waals surface area contributed by atoms with Crippen molar-refractivity contribution in [3.8, 4) is 0 Å². The quantitative estimate of drug-likeness (QED) is 0.696. The molecule has 0 aromatic rings. The molecular formula is C14H22F5NO2. The van der Waals surface area contributed by atoms with Crippen LogP contribution < -0.4 is 0 Å². The normalized spacial score (nSPS) is 25.9. The minimum absolute atomic E-state index is 0.209. The van der Waals surface area contributed by atoms with Gasteiger partial charge in [-0.25, -0.2) is 8.78 Å². The molecule has 0 spiro atoms. The number of likely N-dealkylation sites (tertiary alicyclic amines) is 1. The Bertz CT molecular complexity index is 359. The number of nitrogens with zero attached hydrogens (tertiary/aromatic N) is 1. The molecule has 1 aliphatic heterocycles. The fourth-order valence-electron chi connectivity index (χ4n) is 3.47. The Kier molecular flexibility index (Phi) is 5.34. The maximum atomic E-state index is 13.2. The molecule has 0 radical (unpaired) electrons. The minimum Gasteiger partial charge on any atom is -0.381 e. The molecule has 2 aliphatic rings. The van der Waals surface area contributed by atoms with Crippen molar-refractivity contribution in [3.63, 3.8) is 0 Å². The van der Waals surface area contributed by atoms with E-state index in [0.29, 0.717) is 26.2 Å². The van der Waals surface area contributed by atoms with Gasteiger partial charge in [-0.1, -0.05) is 0 Å². The predicted octanol–water partition coefficient (Wildman–Crippen LogP) is 3.44. The second-order valence-electron chi connectivity index (χ2n) is 6.39. The lowest BCUT2D eigenvalue weighted by Gasteiger charge is -2.50. The van der Waals surface area contributed by atoms with Crippen molar-refractivity contribution in [2.45, 2.75) is 51.0 Å². The Balaban J connectivity index is 1.81. The van der Waals surface area contributed by atoms with Crippen LogP contribution in [-0.4, -0.2) is 56.1 Å². The first-order valence-corrected chi connectivity index (χ1v) is 7.56. The van der Waals surface area contributed by atoms with E-state index in [2.05, 4.69) is 4.74 Å². The molecule has 1 heterocycles. The number of ether oxygens (including phenoxy) is 2. The van der Waals surface area contributed by atoms with E-state index in [4.69, 9.17) is 4.74 Å². The summed E-state index contributed by atoms with van der Waals surface area (Å²) >= 11 is 0. The molecule has 1 saturated heterocycles. The summed E-state index contributed by atoms with van der Waals surface area (Å²) in [6.07, 6.45) is -5.33. The maximum absolute atomic E-state index is 13.2. The van der Waals surface area contributed by atoms with Crippen LogP contribution in [-0.2, 0) is 9.47 Å². The molecule has 0 unspecified atom stereocenters. The van der Waals surface area contributed by atoms with Crippen molar-refractivity contribution in [2.24, 2.45) is 5.41 Å². The predicted molar refractivity (Wildman–Crippen MR) is 69.7 cm³/mol. The minimum atomic E-state index is -4.61. The maximum Gasteiger partial charge on any atom is 0.522 e. The van der Waals surface area contributed by atoms with Crippen LogP contribution in [0.2, 0.25) is 0 Å². The van der Waals surface area contributed by atoms with E-state index in [1.165, 1.54) is 0 Å². The molecule has 0 aromatic carbocycles. The number of piperidine rings is 1. The third-order valence-electron chi connectivity index (χ3n) is 4.27. The smallest absolute Gasteiger partial charge is 0.381 e. The summed E-state index contributed by atoms with van der Waals surface area (Å²) in [5.74, 6) is -2.64. The first-order chi connectivity index (χ1) is 10.1. The first kappa shape index (κ1) is 17.9. The molecule has 0 amide bonds. The lowest BCUT2D eigenvalue weighted by atomic mass is 9.66. The summed E-state index contributed by atoms with van der Waals surface area (Å²) in [7, 11) is 0. The third kappa shape index (κ3) is 5.03. The van der Waals surface area contributed by atoms with Gasteiger partial charge in [-0.05, 0) is 19.8 Å². The van der Waals surface area contributed by atoms with E-state index in [0.717, 1.165) is 0 Å². The Labute approximate surface area is 126 Å². The summed E-state index contributed by atoms with van der Waals surface area (Å²) in [6, 6.07) is 0. The largest absolute Gasteiger partial charge is 0.522 e. The van der Waals surface area contributed by atoms with Gasteiger partial charge in [-0.2, -0.15) is 0 Å². The number of alkyl halides is 5. The molecular weight excluding hydrogens is 309 g/mol. The van der Waals surface area contributed by atoms with Gasteiger partial charge in [0.1, 0.15) is 0 Å². The molecule has 0 atom stereocenters. The van der Waals surface area contributed by atoms with Crippen LogP contribution in [0.25, 0.3) is 0 Å². The average molecular weight is 331 g/mol. The number of hydrogen-bond donors (Lipinski definition) is 0. The molecule has 22 heavy (non-hydrogen) atoms. The summed E-state index contributed by atoms with van der Waals surface area (Å²) in [5.41, 5.74) is -0.572. The van der Waals surface area contributed by atoms with Gasteiger partial charge in [0.15, 0.2) is 0 Å². The summed E-state index contributed by atoms with van der Waals surface area (Å²) in [5, 5.41) is 0. The fourth-order valence-corrected chi connectivity index (χ4v) is 3.47. The summed E-state index contributed by atoms with van der Waals surface area (Å²) < 4.78 is 72.3. The number of rotatable bonds is 6. The Morgan fingerprint density at radius 3 is 2.18 bits per heavy atom. The summed E-state index contributed by atoms with van der Waals surface area (Å²) in [6.45, 7) is 3.86. The van der Waals surface area contributed by atoms with E-state index in [1.54, 1.807) is 0 Å². The lowest BCUT2D eigenvalue weighted by molar-refractivity contribution is -0.346. The zero-order chi connectivity index (χ0) is 16.4. The van der Waals surface area contributed by atoms with Crippen molar-refractivity contribution < 1.29 is 31.4 Å². The van der Waals surface area contributed by atoms with E-state index in [9.17, 15) is 22.0 Å². The van der Waals surface area contributed by atoms with Gasteiger partial charge < -0.3 is 9.64 Å². The standard InChI is InChI=1S/C14H22F5NO2/c1-2-21-10-12(7-13(15,16)8-12)9-20-5-3-11(4-6-20)22-14(17,18)19/h11H,2-10H2,1H3. The zero-order valence-corrected chi connectivity index (χ0v) is 12.6. The number of hydrogen-bond acceptors (Lipinski definition) is 3. The lowest BCUT2D eigenvalue weighted by Crippen LogP contribution is -2.56. The van der Waals surface area contributed by atoms with Crippen LogP contribution in [0.5, 0.6) is 0 Å². The Morgan fingerprint density at radius 1 is 1.14 bits per heavy atom. The van der Waals surface area contributed by atoms with Crippen molar-refractivity contribution >= 4 is 0 Å². The van der Waals surface area contributed by atoms with Gasteiger partial charge in [0.2, 0.25) is 5.92 Å². The van der Waals surface area contributed by atoms with Gasteiger partial charge in [-0.3, -0.25) is 4.74 Å². The van der Waals surface area contributed by atoms with Crippen LogP contribution >= 0.6 is 0 Å². The topological polar surface area (TPSA) is 21.7 Å². The fraction of sp³-hybridized carbons (Fsp3) is 1.00. The highest BCUT2D eigenvalue weighted by Gasteiger charge is 2.57. The van der Waals surface area contributed by atoms with E-state index in [-0.39, 0.29) is 32.3 Å². The molecule has 1 aliphatic carbocycles. The van der Waals surface area contributed by atoms with Crippen LogP contribution in [0.1, 0.15) is 32.6 Å². The SMILES string of the molecule is CCOCC1(CN2CCC(OC(F)(F)F)CC2)CC(F)(F)C1. The van der Waals surface area contributed by atoms with Crippen LogP contribution in [0.15, 0.2) is 0 Å². The highest BCUT2D eigenvalue weighted by Crippen LogP contribution is 2.52. The molecule has 3 nitrogen and oxygen atoms in total.